The number of nitrogens with zero attached hydrogens (tertiary/aromatic N) is 2. The van der Waals surface area contributed by atoms with E-state index in [-0.39, 0.29) is 60.8 Å². The van der Waals surface area contributed by atoms with Crippen molar-refractivity contribution >= 4 is 11.9 Å². The lowest BCUT2D eigenvalue weighted by molar-refractivity contribution is -0.140. The first-order chi connectivity index (χ1) is 15.2. The van der Waals surface area contributed by atoms with Gasteiger partial charge in [0, 0.05) is 32.1 Å². The van der Waals surface area contributed by atoms with Gasteiger partial charge in [0.1, 0.15) is 6.61 Å². The van der Waals surface area contributed by atoms with Gasteiger partial charge in [-0.15, -0.1) is 0 Å². The zero-order valence-corrected chi connectivity index (χ0v) is 17.1. The maximum absolute atomic E-state index is 13.9. The van der Waals surface area contributed by atoms with Gasteiger partial charge in [0.05, 0.1) is 24.3 Å². The predicted octanol–water partition coefficient (Wildman–Crippen LogP) is 2.11. The van der Waals surface area contributed by atoms with Crippen molar-refractivity contribution in [2.24, 2.45) is 17.8 Å². The number of carbonyl (C=O) groups is 2. The lowest BCUT2D eigenvalue weighted by atomic mass is 10.0. The number of fused-ring (bicyclic) bond motifs is 2. The lowest BCUT2D eigenvalue weighted by Gasteiger charge is -2.42. The molecule has 0 radical (unpaired) electrons. The number of amides is 3. The molecule has 174 valence electrons. The van der Waals surface area contributed by atoms with Crippen LogP contribution in [0.5, 0.6) is 5.75 Å². The molecule has 4 fully saturated rings. The van der Waals surface area contributed by atoms with E-state index in [1.165, 1.54) is 0 Å². The molecular weight excluding hydrogens is 434 g/mol. The third-order valence-electron chi connectivity index (χ3n) is 6.93. The number of ether oxygens (including phenoxy) is 2. The van der Waals surface area contributed by atoms with Crippen molar-refractivity contribution in [1.29, 1.82) is 0 Å². The number of rotatable bonds is 3. The number of carbonyl (C=O) groups excluding carboxylic acids is 2. The molecule has 1 N–H and O–H groups in total. The standard InChI is InChI=1S/C21H23F4N3O4/c22-15-5-11(21(23,24)25)1-2-17(15)31-9-14-12-6-28(7-13(12)14)20(30)27-4-3-18-16(8-27)26-19(29)10-32-18/h1-2,5,12-14,16,18H,3-4,6-10H2,(H,26,29)/t12-,13+,14?,16-,18+/m1/s1. The van der Waals surface area contributed by atoms with Crippen molar-refractivity contribution in [2.75, 3.05) is 39.4 Å². The fraction of sp³-hybridized carbons (Fsp3) is 0.619. The Morgan fingerprint density at radius 1 is 1.19 bits per heavy atom. The summed E-state index contributed by atoms with van der Waals surface area (Å²) in [5.74, 6) is -0.772. The molecule has 5 rings (SSSR count). The smallest absolute Gasteiger partial charge is 0.416 e. The molecule has 1 unspecified atom stereocenters. The van der Waals surface area contributed by atoms with E-state index in [1.54, 1.807) is 9.80 Å². The average molecular weight is 457 g/mol. The van der Waals surface area contributed by atoms with Gasteiger partial charge in [0.2, 0.25) is 5.91 Å². The summed E-state index contributed by atoms with van der Waals surface area (Å²) in [6.45, 7) is 2.39. The van der Waals surface area contributed by atoms with Crippen LogP contribution in [0.3, 0.4) is 0 Å². The van der Waals surface area contributed by atoms with E-state index in [0.717, 1.165) is 12.1 Å². The third kappa shape index (κ3) is 3.98. The molecule has 11 heteroatoms. The number of benzene rings is 1. The Kier molecular flexibility index (Phi) is 5.18. The van der Waals surface area contributed by atoms with Crippen LogP contribution in [-0.4, -0.2) is 73.3 Å². The number of morpholine rings is 1. The average Bonchev–Trinajstić information content (AvgIpc) is 3.19. The maximum atomic E-state index is 13.9. The second-order valence-corrected chi connectivity index (χ2v) is 8.89. The van der Waals surface area contributed by atoms with E-state index in [9.17, 15) is 27.2 Å². The summed E-state index contributed by atoms with van der Waals surface area (Å²) in [5, 5.41) is 2.88. The molecule has 3 heterocycles. The Morgan fingerprint density at radius 3 is 2.62 bits per heavy atom. The van der Waals surface area contributed by atoms with Crippen LogP contribution in [0.1, 0.15) is 12.0 Å². The monoisotopic (exact) mass is 457 g/mol. The zero-order valence-electron chi connectivity index (χ0n) is 17.1. The minimum absolute atomic E-state index is 0.0594. The van der Waals surface area contributed by atoms with Crippen LogP contribution in [0, 0.1) is 23.6 Å². The van der Waals surface area contributed by atoms with Gasteiger partial charge in [-0.2, -0.15) is 13.2 Å². The molecule has 0 spiro atoms. The van der Waals surface area contributed by atoms with E-state index < -0.39 is 17.6 Å². The molecule has 5 atom stereocenters. The molecule has 3 saturated heterocycles. The number of hydrogen-bond acceptors (Lipinski definition) is 4. The summed E-state index contributed by atoms with van der Waals surface area (Å²) < 4.78 is 62.8. The van der Waals surface area contributed by atoms with E-state index in [1.807, 2.05) is 0 Å². The Bertz CT molecular complexity index is 915. The number of nitrogens with one attached hydrogen (secondary N) is 1. The molecule has 3 amide bonds. The second-order valence-electron chi connectivity index (χ2n) is 8.89. The molecule has 1 saturated carbocycles. The molecule has 0 bridgehead atoms. The van der Waals surface area contributed by atoms with Crippen molar-refractivity contribution in [3.05, 3.63) is 29.6 Å². The number of urea groups is 1. The van der Waals surface area contributed by atoms with Gasteiger partial charge < -0.3 is 24.6 Å². The highest BCUT2D eigenvalue weighted by Gasteiger charge is 2.57. The normalized spacial score (nSPS) is 31.6. The highest BCUT2D eigenvalue weighted by molar-refractivity contribution is 5.79. The van der Waals surface area contributed by atoms with Gasteiger partial charge in [0.15, 0.2) is 11.6 Å². The molecule has 1 aliphatic carbocycles. The summed E-state index contributed by atoms with van der Waals surface area (Å²) in [6.07, 6.45) is -3.99. The van der Waals surface area contributed by atoms with Crippen LogP contribution in [0.25, 0.3) is 0 Å². The second kappa shape index (κ2) is 7.79. The Morgan fingerprint density at radius 2 is 1.94 bits per heavy atom. The summed E-state index contributed by atoms with van der Waals surface area (Å²) in [4.78, 5) is 28.0. The maximum Gasteiger partial charge on any atom is 0.416 e. The fourth-order valence-electron chi connectivity index (χ4n) is 5.11. The predicted molar refractivity (Wildman–Crippen MR) is 102 cm³/mol. The number of halogens is 4. The molecule has 0 aromatic heterocycles. The van der Waals surface area contributed by atoms with Gasteiger partial charge in [0.25, 0.3) is 0 Å². The topological polar surface area (TPSA) is 71.1 Å². The van der Waals surface area contributed by atoms with Crippen molar-refractivity contribution in [3.63, 3.8) is 0 Å². The Labute approximate surface area is 181 Å². The molecule has 3 aliphatic heterocycles. The summed E-state index contributed by atoms with van der Waals surface area (Å²) in [6, 6.07) is 1.99. The first kappa shape index (κ1) is 21.3. The quantitative estimate of drug-likeness (QED) is 0.706. The van der Waals surface area contributed by atoms with Crippen LogP contribution < -0.4 is 10.1 Å². The molecule has 1 aromatic carbocycles. The van der Waals surface area contributed by atoms with Crippen LogP contribution in [-0.2, 0) is 15.7 Å². The number of piperidine rings is 2. The van der Waals surface area contributed by atoms with Crippen molar-refractivity contribution < 1.29 is 36.6 Å². The van der Waals surface area contributed by atoms with E-state index in [2.05, 4.69) is 5.32 Å². The van der Waals surface area contributed by atoms with E-state index in [0.29, 0.717) is 38.7 Å². The van der Waals surface area contributed by atoms with Gasteiger partial charge in [-0.25, -0.2) is 9.18 Å². The summed E-state index contributed by atoms with van der Waals surface area (Å²) >= 11 is 0. The first-order valence-corrected chi connectivity index (χ1v) is 10.6. The van der Waals surface area contributed by atoms with Gasteiger partial charge in [-0.05, 0) is 36.5 Å². The van der Waals surface area contributed by atoms with Crippen LogP contribution in [0.2, 0.25) is 0 Å². The number of alkyl halides is 3. The number of hydrogen-bond donors (Lipinski definition) is 1. The number of likely N-dealkylation sites (tertiary alicyclic amines) is 2. The molecule has 32 heavy (non-hydrogen) atoms. The Hall–Kier alpha value is -2.56. The van der Waals surface area contributed by atoms with Gasteiger partial charge in [-0.3, -0.25) is 4.79 Å². The lowest BCUT2D eigenvalue weighted by Crippen LogP contribution is -2.62. The third-order valence-corrected chi connectivity index (χ3v) is 6.93. The fourth-order valence-corrected chi connectivity index (χ4v) is 5.11. The molecule has 4 aliphatic rings. The molecule has 7 nitrogen and oxygen atoms in total. The first-order valence-electron chi connectivity index (χ1n) is 10.6. The van der Waals surface area contributed by atoms with Crippen LogP contribution in [0.4, 0.5) is 22.4 Å². The minimum atomic E-state index is -4.60. The van der Waals surface area contributed by atoms with Crippen molar-refractivity contribution in [1.82, 2.24) is 15.1 Å². The zero-order chi connectivity index (χ0) is 22.6. The minimum Gasteiger partial charge on any atom is -0.490 e. The van der Waals surface area contributed by atoms with E-state index in [4.69, 9.17) is 9.47 Å². The SMILES string of the molecule is O=C1CO[C@H]2CCN(C(=O)N3C[C@@H]4C(COc5ccc(C(F)(F)F)cc5F)[C@@H]4C3)C[C@H]2N1. The van der Waals surface area contributed by atoms with Gasteiger partial charge in [-0.1, -0.05) is 0 Å². The van der Waals surface area contributed by atoms with Crippen LogP contribution in [0.15, 0.2) is 18.2 Å². The van der Waals surface area contributed by atoms with Crippen molar-refractivity contribution in [3.8, 4) is 5.75 Å². The van der Waals surface area contributed by atoms with E-state index >= 15 is 0 Å². The van der Waals surface area contributed by atoms with Crippen LogP contribution >= 0.6 is 0 Å². The summed E-state index contributed by atoms with van der Waals surface area (Å²) in [7, 11) is 0. The highest BCUT2D eigenvalue weighted by Crippen LogP contribution is 2.52. The highest BCUT2D eigenvalue weighted by atomic mass is 19.4. The largest absolute Gasteiger partial charge is 0.490 e. The summed E-state index contributed by atoms with van der Waals surface area (Å²) in [5.41, 5.74) is -1.05. The van der Waals surface area contributed by atoms with Gasteiger partial charge >= 0.3 is 12.2 Å². The molecular formula is C21H23F4N3O4. The van der Waals surface area contributed by atoms with Crippen molar-refractivity contribution in [2.45, 2.75) is 24.7 Å². The Balaban J connectivity index is 1.10. The molecule has 1 aromatic rings.